The van der Waals surface area contributed by atoms with E-state index in [0.29, 0.717) is 32.2 Å². The van der Waals surface area contributed by atoms with Crippen molar-refractivity contribution in [2.75, 3.05) is 36.0 Å². The number of alkyl halides is 2. The largest absolute Gasteiger partial charge is 0.362 e. The van der Waals surface area contributed by atoms with Crippen molar-refractivity contribution in [3.8, 4) is 0 Å². The van der Waals surface area contributed by atoms with Crippen LogP contribution in [0.4, 0.5) is 25.3 Å². The zero-order chi connectivity index (χ0) is 20.6. The number of hydrogen-bond acceptors (Lipinski definition) is 8. The number of nitro groups is 1. The van der Waals surface area contributed by atoms with Crippen LogP contribution in [0.1, 0.15) is 10.6 Å². The number of piperazine rings is 1. The van der Waals surface area contributed by atoms with Gasteiger partial charge >= 0.3 is 5.76 Å². The maximum absolute atomic E-state index is 12.7. The lowest BCUT2D eigenvalue weighted by Crippen LogP contribution is -2.46. The minimum atomic E-state index is -4.90. The van der Waals surface area contributed by atoms with Crippen molar-refractivity contribution in [3.05, 3.63) is 38.9 Å². The molecule has 0 bridgehead atoms. The molecule has 1 aliphatic heterocycles. The minimum absolute atomic E-state index is 0.212. The van der Waals surface area contributed by atoms with Gasteiger partial charge in [0.2, 0.25) is 9.84 Å². The summed E-state index contributed by atoms with van der Waals surface area (Å²) in [7, 11) is -4.90. The highest BCUT2D eigenvalue weighted by Gasteiger charge is 2.31. The average Bonchev–Trinajstić information content (AvgIpc) is 3.00. The minimum Gasteiger partial charge on any atom is -0.362 e. The van der Waals surface area contributed by atoms with Crippen LogP contribution >= 0.6 is 11.3 Å². The van der Waals surface area contributed by atoms with Crippen LogP contribution in [-0.2, 0) is 9.84 Å². The first-order valence-electron chi connectivity index (χ1n) is 8.35. The van der Waals surface area contributed by atoms with Crippen molar-refractivity contribution >= 4 is 37.7 Å². The lowest BCUT2D eigenvalue weighted by molar-refractivity contribution is -0.384. The molecule has 0 radical (unpaired) electrons. The van der Waals surface area contributed by atoms with Gasteiger partial charge in [-0.05, 0) is 26.0 Å². The molecule has 0 unspecified atom stereocenters. The van der Waals surface area contributed by atoms with Gasteiger partial charge in [-0.3, -0.25) is 10.1 Å². The molecule has 0 aliphatic carbocycles. The molecule has 1 fully saturated rings. The first-order chi connectivity index (χ1) is 13.1. The molecular weight excluding hydrogens is 414 g/mol. The molecule has 0 saturated carbocycles. The van der Waals surface area contributed by atoms with E-state index in [0.717, 1.165) is 21.8 Å². The smallest absolute Gasteiger partial charge is 0.341 e. The predicted molar refractivity (Wildman–Crippen MR) is 102 cm³/mol. The fourth-order valence-electron chi connectivity index (χ4n) is 2.93. The molecule has 3 rings (SSSR count). The molecule has 2 aromatic rings. The summed E-state index contributed by atoms with van der Waals surface area (Å²) in [6, 6.07) is 2.92. The van der Waals surface area contributed by atoms with E-state index < -0.39 is 31.1 Å². The summed E-state index contributed by atoms with van der Waals surface area (Å²) >= 11 is 1.58. The van der Waals surface area contributed by atoms with E-state index in [2.05, 4.69) is 9.88 Å². The average molecular weight is 432 g/mol. The van der Waals surface area contributed by atoms with E-state index in [9.17, 15) is 27.3 Å². The molecule has 28 heavy (non-hydrogen) atoms. The molecule has 2 heterocycles. The number of anilines is 2. The fourth-order valence-corrected chi connectivity index (χ4v) is 4.63. The molecule has 0 spiro atoms. The van der Waals surface area contributed by atoms with Crippen LogP contribution in [0.15, 0.2) is 23.1 Å². The topological polar surface area (TPSA) is 96.7 Å². The summed E-state index contributed by atoms with van der Waals surface area (Å²) in [6.45, 7) is 6.01. The summed E-state index contributed by atoms with van der Waals surface area (Å²) in [6.07, 6.45) is 0. The Labute approximate surface area is 164 Å². The van der Waals surface area contributed by atoms with E-state index in [1.54, 1.807) is 16.2 Å². The summed E-state index contributed by atoms with van der Waals surface area (Å²) in [5.41, 5.74) is 0.675. The fraction of sp³-hybridized carbons (Fsp3) is 0.438. The van der Waals surface area contributed by atoms with Crippen molar-refractivity contribution in [2.24, 2.45) is 0 Å². The second-order valence-corrected chi connectivity index (χ2v) is 9.42. The lowest BCUT2D eigenvalue weighted by Gasteiger charge is -2.35. The quantitative estimate of drug-likeness (QED) is 0.529. The summed E-state index contributed by atoms with van der Waals surface area (Å²) in [4.78, 5) is 19.4. The van der Waals surface area contributed by atoms with Crippen LogP contribution in [0.2, 0.25) is 0 Å². The Kier molecular flexibility index (Phi) is 5.53. The number of nitro benzene ring substituents is 1. The number of nitrogens with zero attached hydrogens (tertiary/aromatic N) is 4. The van der Waals surface area contributed by atoms with Crippen molar-refractivity contribution < 1.29 is 22.1 Å². The Balaban J connectivity index is 1.83. The molecule has 0 N–H and O–H groups in total. The van der Waals surface area contributed by atoms with Gasteiger partial charge < -0.3 is 9.80 Å². The summed E-state index contributed by atoms with van der Waals surface area (Å²) in [5.74, 6) is -3.63. The lowest BCUT2D eigenvalue weighted by atomic mass is 10.2. The van der Waals surface area contributed by atoms with E-state index in [1.165, 1.54) is 6.07 Å². The van der Waals surface area contributed by atoms with Gasteiger partial charge in [-0.15, -0.1) is 11.3 Å². The second-order valence-electron chi connectivity index (χ2n) is 6.33. The third kappa shape index (κ3) is 3.78. The number of rotatable bonds is 5. The first-order valence-corrected chi connectivity index (χ1v) is 10.7. The number of aromatic nitrogens is 1. The normalized spacial score (nSPS) is 15.3. The van der Waals surface area contributed by atoms with Gasteiger partial charge in [0, 0.05) is 37.1 Å². The van der Waals surface area contributed by atoms with E-state index >= 15 is 0 Å². The summed E-state index contributed by atoms with van der Waals surface area (Å²) < 4.78 is 48.7. The SMILES string of the molecule is Cc1nc(N2CCN(c3ccc(S(=O)(=O)C(F)F)cc3[N+](=O)[O-])CC2)sc1C. The van der Waals surface area contributed by atoms with Crippen LogP contribution in [0, 0.1) is 24.0 Å². The molecule has 0 amide bonds. The van der Waals surface area contributed by atoms with Gasteiger partial charge in [0.1, 0.15) is 5.69 Å². The number of halogens is 2. The molecule has 8 nitrogen and oxygen atoms in total. The second kappa shape index (κ2) is 7.59. The maximum atomic E-state index is 12.7. The predicted octanol–water partition coefficient (Wildman–Crippen LogP) is 2.99. The number of benzene rings is 1. The number of thiazole rings is 1. The van der Waals surface area contributed by atoms with Gasteiger partial charge in [0.15, 0.2) is 5.13 Å². The maximum Gasteiger partial charge on any atom is 0.341 e. The zero-order valence-corrected chi connectivity index (χ0v) is 16.8. The Morgan fingerprint density at radius 2 is 1.79 bits per heavy atom. The Morgan fingerprint density at radius 3 is 2.29 bits per heavy atom. The van der Waals surface area contributed by atoms with E-state index in [4.69, 9.17) is 0 Å². The molecule has 12 heteroatoms. The molecule has 1 aliphatic rings. The Morgan fingerprint density at radius 1 is 1.18 bits per heavy atom. The molecular formula is C16H18F2N4O4S2. The number of hydrogen-bond donors (Lipinski definition) is 0. The van der Waals surface area contributed by atoms with Gasteiger partial charge in [0.05, 0.1) is 15.5 Å². The monoisotopic (exact) mass is 432 g/mol. The third-order valence-electron chi connectivity index (χ3n) is 4.61. The Hall–Kier alpha value is -2.34. The highest BCUT2D eigenvalue weighted by atomic mass is 32.2. The van der Waals surface area contributed by atoms with Gasteiger partial charge in [-0.2, -0.15) is 8.78 Å². The number of aryl methyl sites for hydroxylation is 2. The van der Waals surface area contributed by atoms with Gasteiger partial charge in [-0.25, -0.2) is 13.4 Å². The molecule has 1 saturated heterocycles. The number of sulfone groups is 1. The van der Waals surface area contributed by atoms with Crippen molar-refractivity contribution in [1.29, 1.82) is 0 Å². The van der Waals surface area contributed by atoms with E-state index in [1.807, 2.05) is 13.8 Å². The molecule has 1 aromatic carbocycles. The zero-order valence-electron chi connectivity index (χ0n) is 15.1. The molecule has 0 atom stereocenters. The van der Waals surface area contributed by atoms with Crippen molar-refractivity contribution in [1.82, 2.24) is 4.98 Å². The van der Waals surface area contributed by atoms with Crippen LogP contribution in [0.3, 0.4) is 0 Å². The third-order valence-corrected chi connectivity index (χ3v) is 7.13. The van der Waals surface area contributed by atoms with Gasteiger partial charge in [0.25, 0.3) is 5.69 Å². The standard InChI is InChI=1S/C16H18F2N4O4S2/c1-10-11(2)27-16(19-10)21-7-5-20(6-8-21)13-4-3-12(9-14(13)22(23)24)28(25,26)15(17)18/h3-4,9,15H,5-8H2,1-2H3. The van der Waals surface area contributed by atoms with Crippen LogP contribution < -0.4 is 9.80 Å². The van der Waals surface area contributed by atoms with Crippen molar-refractivity contribution in [2.45, 2.75) is 24.5 Å². The van der Waals surface area contributed by atoms with Gasteiger partial charge in [-0.1, -0.05) is 0 Å². The first kappa shape index (κ1) is 20.4. The van der Waals surface area contributed by atoms with Crippen LogP contribution in [-0.4, -0.2) is 50.3 Å². The van der Waals surface area contributed by atoms with Crippen molar-refractivity contribution in [3.63, 3.8) is 0 Å². The molecule has 1 aromatic heterocycles. The van der Waals surface area contributed by atoms with Crippen LogP contribution in [0.25, 0.3) is 0 Å². The molecule has 152 valence electrons. The highest BCUT2D eigenvalue weighted by molar-refractivity contribution is 7.91. The highest BCUT2D eigenvalue weighted by Crippen LogP contribution is 2.34. The Bertz CT molecular complexity index is 983. The van der Waals surface area contributed by atoms with E-state index in [-0.39, 0.29) is 5.69 Å². The van der Waals surface area contributed by atoms with Crippen LogP contribution in [0.5, 0.6) is 0 Å². The summed E-state index contributed by atoms with van der Waals surface area (Å²) in [5, 5.41) is 12.3.